The number of nitrogens with zero attached hydrogens (tertiary/aromatic N) is 2. The zero-order valence-electron chi connectivity index (χ0n) is 17.7. The van der Waals surface area contributed by atoms with E-state index in [2.05, 4.69) is 15.6 Å². The lowest BCUT2D eigenvalue weighted by atomic mass is 9.98. The van der Waals surface area contributed by atoms with Gasteiger partial charge in [0.15, 0.2) is 0 Å². The van der Waals surface area contributed by atoms with Gasteiger partial charge in [0.05, 0.1) is 18.4 Å². The molecule has 0 spiro atoms. The van der Waals surface area contributed by atoms with E-state index in [1.54, 1.807) is 18.4 Å². The molecule has 6 nitrogen and oxygen atoms in total. The number of hydrogen-bond donors (Lipinski definition) is 1. The van der Waals surface area contributed by atoms with Crippen LogP contribution in [0.3, 0.4) is 0 Å². The fraction of sp³-hybridized carbons (Fsp3) is 0.545. The maximum absolute atomic E-state index is 11.9. The number of rotatable bonds is 6. The number of methoxy groups -OCH3 is 1. The molecule has 1 aliphatic heterocycles. The number of nitrogens with one attached hydrogen (secondary N) is 1. The van der Waals surface area contributed by atoms with E-state index in [9.17, 15) is 4.79 Å². The molecule has 29 heavy (non-hydrogen) atoms. The molecule has 158 valence electrons. The van der Waals surface area contributed by atoms with Gasteiger partial charge in [0, 0.05) is 25.0 Å². The highest BCUT2D eigenvalue weighted by Crippen LogP contribution is 2.32. The lowest BCUT2D eigenvalue weighted by Crippen LogP contribution is -2.41. The second-order valence-electron chi connectivity index (χ2n) is 8.47. The zero-order valence-corrected chi connectivity index (χ0v) is 18.6. The number of alkyl carbamates (subject to hydrolysis) is 1. The van der Waals surface area contributed by atoms with Gasteiger partial charge in [-0.3, -0.25) is 4.90 Å². The van der Waals surface area contributed by atoms with Crippen molar-refractivity contribution in [3.8, 4) is 16.3 Å². The molecule has 3 rings (SSSR count). The van der Waals surface area contributed by atoms with Crippen LogP contribution in [0, 0.1) is 5.92 Å². The van der Waals surface area contributed by atoms with Crippen molar-refractivity contribution in [3.05, 3.63) is 35.3 Å². The Kier molecular flexibility index (Phi) is 7.14. The molecule has 1 amide bonds. The third-order valence-electron chi connectivity index (χ3n) is 4.81. The maximum Gasteiger partial charge on any atom is 0.407 e. The van der Waals surface area contributed by atoms with Crippen molar-refractivity contribution in [2.45, 2.75) is 45.8 Å². The Morgan fingerprint density at radius 1 is 1.34 bits per heavy atom. The van der Waals surface area contributed by atoms with Crippen LogP contribution in [-0.4, -0.2) is 48.3 Å². The summed E-state index contributed by atoms with van der Waals surface area (Å²) in [6.45, 7) is 9.12. The van der Waals surface area contributed by atoms with Gasteiger partial charge in [-0.15, -0.1) is 11.3 Å². The van der Waals surface area contributed by atoms with E-state index >= 15 is 0 Å². The van der Waals surface area contributed by atoms with E-state index in [0.29, 0.717) is 12.5 Å². The fourth-order valence-corrected chi connectivity index (χ4v) is 4.40. The van der Waals surface area contributed by atoms with E-state index in [1.165, 1.54) is 0 Å². The van der Waals surface area contributed by atoms with Crippen LogP contribution in [0.25, 0.3) is 10.6 Å². The number of amides is 1. The van der Waals surface area contributed by atoms with Crippen molar-refractivity contribution in [2.75, 3.05) is 26.7 Å². The van der Waals surface area contributed by atoms with Gasteiger partial charge in [-0.25, -0.2) is 9.78 Å². The number of benzene rings is 1. The van der Waals surface area contributed by atoms with Gasteiger partial charge < -0.3 is 14.8 Å². The second-order valence-corrected chi connectivity index (χ2v) is 9.33. The summed E-state index contributed by atoms with van der Waals surface area (Å²) < 4.78 is 10.8. The third kappa shape index (κ3) is 6.44. The largest absolute Gasteiger partial charge is 0.496 e. The van der Waals surface area contributed by atoms with Crippen LogP contribution >= 0.6 is 11.3 Å². The summed E-state index contributed by atoms with van der Waals surface area (Å²) in [5, 5.41) is 6.03. The Labute approximate surface area is 177 Å². The fourth-order valence-electron chi connectivity index (χ4n) is 3.56. The van der Waals surface area contributed by atoms with Crippen LogP contribution in [0.2, 0.25) is 0 Å². The summed E-state index contributed by atoms with van der Waals surface area (Å²) >= 11 is 1.65. The van der Waals surface area contributed by atoms with Crippen LogP contribution in [0.1, 0.15) is 39.3 Å². The molecule has 2 aromatic rings. The third-order valence-corrected chi connectivity index (χ3v) is 5.74. The first-order valence-corrected chi connectivity index (χ1v) is 11.0. The van der Waals surface area contributed by atoms with Crippen LogP contribution in [-0.2, 0) is 11.3 Å². The lowest BCUT2D eigenvalue weighted by molar-refractivity contribution is 0.0506. The SMILES string of the molecule is COc1ccccc1-c1nc(CN2CCCC(CNC(=O)OC(C)(C)C)C2)cs1. The summed E-state index contributed by atoms with van der Waals surface area (Å²) in [6, 6.07) is 7.98. The zero-order chi connectivity index (χ0) is 20.9. The number of ether oxygens (including phenoxy) is 2. The average Bonchev–Trinajstić information content (AvgIpc) is 3.13. The molecule has 7 heteroatoms. The van der Waals surface area contributed by atoms with Gasteiger partial charge in [0.2, 0.25) is 0 Å². The number of hydrogen-bond acceptors (Lipinski definition) is 6. The van der Waals surface area contributed by atoms with E-state index in [4.69, 9.17) is 14.5 Å². The number of para-hydroxylation sites is 1. The Bertz CT molecular complexity index is 816. The molecular formula is C22H31N3O3S. The molecule has 1 unspecified atom stereocenters. The standard InChI is InChI=1S/C22H31N3O3S/c1-22(2,3)28-21(26)23-12-16-8-7-11-25(13-16)14-17-15-29-20(24-17)18-9-5-6-10-19(18)27-4/h5-6,9-10,15-16H,7-8,11-14H2,1-4H3,(H,23,26). The molecule has 2 heterocycles. The Hall–Kier alpha value is -2.12. The highest BCUT2D eigenvalue weighted by Gasteiger charge is 2.23. The van der Waals surface area contributed by atoms with Crippen molar-refractivity contribution in [1.29, 1.82) is 0 Å². The summed E-state index contributed by atoms with van der Waals surface area (Å²) in [5.74, 6) is 1.28. The second kappa shape index (κ2) is 9.59. The summed E-state index contributed by atoms with van der Waals surface area (Å²) in [7, 11) is 1.69. The molecule has 0 aliphatic carbocycles. The van der Waals surface area contributed by atoms with Crippen molar-refractivity contribution >= 4 is 17.4 Å². The predicted molar refractivity (Wildman–Crippen MR) is 116 cm³/mol. The monoisotopic (exact) mass is 417 g/mol. The average molecular weight is 418 g/mol. The number of thiazole rings is 1. The highest BCUT2D eigenvalue weighted by molar-refractivity contribution is 7.13. The van der Waals surface area contributed by atoms with Crippen molar-refractivity contribution in [3.63, 3.8) is 0 Å². The first-order valence-electron chi connectivity index (χ1n) is 10.1. The van der Waals surface area contributed by atoms with Gasteiger partial charge in [-0.05, 0) is 58.2 Å². The van der Waals surface area contributed by atoms with Crippen molar-refractivity contribution in [2.24, 2.45) is 5.92 Å². The van der Waals surface area contributed by atoms with E-state index in [1.807, 2.05) is 45.0 Å². The lowest BCUT2D eigenvalue weighted by Gasteiger charge is -2.32. The predicted octanol–water partition coefficient (Wildman–Crippen LogP) is 4.56. The topological polar surface area (TPSA) is 63.7 Å². The minimum absolute atomic E-state index is 0.337. The van der Waals surface area contributed by atoms with Crippen molar-refractivity contribution in [1.82, 2.24) is 15.2 Å². The Morgan fingerprint density at radius 3 is 2.90 bits per heavy atom. The van der Waals surface area contributed by atoms with E-state index in [0.717, 1.165) is 54.5 Å². The van der Waals surface area contributed by atoms with Crippen LogP contribution < -0.4 is 10.1 Å². The smallest absolute Gasteiger partial charge is 0.407 e. The molecule has 1 saturated heterocycles. The summed E-state index contributed by atoms with van der Waals surface area (Å²) in [5.41, 5.74) is 1.65. The van der Waals surface area contributed by atoms with Gasteiger partial charge in [-0.1, -0.05) is 12.1 Å². The van der Waals surface area contributed by atoms with Gasteiger partial charge in [0.1, 0.15) is 16.4 Å². The number of likely N-dealkylation sites (tertiary alicyclic amines) is 1. The van der Waals surface area contributed by atoms with Crippen molar-refractivity contribution < 1.29 is 14.3 Å². The normalized spacial score (nSPS) is 17.7. The first kappa shape index (κ1) is 21.6. The molecule has 0 radical (unpaired) electrons. The molecule has 1 N–H and O–H groups in total. The number of carbonyl (C=O) groups is 1. The van der Waals surface area contributed by atoms with E-state index in [-0.39, 0.29) is 6.09 Å². The quantitative estimate of drug-likeness (QED) is 0.747. The van der Waals surface area contributed by atoms with Gasteiger partial charge >= 0.3 is 6.09 Å². The molecule has 1 aliphatic rings. The Balaban J connectivity index is 1.53. The maximum atomic E-state index is 11.9. The van der Waals surface area contributed by atoms with Crippen LogP contribution in [0.15, 0.2) is 29.6 Å². The van der Waals surface area contributed by atoms with Crippen LogP contribution in [0.5, 0.6) is 5.75 Å². The summed E-state index contributed by atoms with van der Waals surface area (Å²) in [6.07, 6.45) is 1.91. The minimum atomic E-state index is -0.466. The number of carbonyl (C=O) groups excluding carboxylic acids is 1. The summed E-state index contributed by atoms with van der Waals surface area (Å²) in [4.78, 5) is 19.2. The van der Waals surface area contributed by atoms with Gasteiger partial charge in [-0.2, -0.15) is 0 Å². The molecule has 0 saturated carbocycles. The highest BCUT2D eigenvalue weighted by atomic mass is 32.1. The van der Waals surface area contributed by atoms with Gasteiger partial charge in [0.25, 0.3) is 0 Å². The molecule has 1 aromatic heterocycles. The minimum Gasteiger partial charge on any atom is -0.496 e. The molecule has 1 atom stereocenters. The Morgan fingerprint density at radius 2 is 2.14 bits per heavy atom. The molecule has 0 bridgehead atoms. The van der Waals surface area contributed by atoms with E-state index < -0.39 is 5.60 Å². The molecule has 1 fully saturated rings. The number of aromatic nitrogens is 1. The van der Waals surface area contributed by atoms with Crippen LogP contribution in [0.4, 0.5) is 4.79 Å². The first-order chi connectivity index (χ1) is 13.8. The molecule has 1 aromatic carbocycles. The number of piperidine rings is 1. The molecular weight excluding hydrogens is 386 g/mol.